The summed E-state index contributed by atoms with van der Waals surface area (Å²) in [5, 5.41) is 2.33. The quantitative estimate of drug-likeness (QED) is 0.157. The lowest BCUT2D eigenvalue weighted by Gasteiger charge is -2.34. The zero-order chi connectivity index (χ0) is 35.1. The van der Waals surface area contributed by atoms with Crippen LogP contribution in [0.4, 0.5) is 18.9 Å². The molecule has 2 amide bonds. The molecule has 0 unspecified atom stereocenters. The van der Waals surface area contributed by atoms with Crippen LogP contribution in [-0.2, 0) is 38.8 Å². The molecule has 0 fully saturated rings. The summed E-state index contributed by atoms with van der Waals surface area (Å²) in [5.74, 6) is -1.24. The van der Waals surface area contributed by atoms with E-state index in [1.54, 1.807) is 30.3 Å². The Labute approximate surface area is 284 Å². The summed E-state index contributed by atoms with van der Waals surface area (Å²) in [6, 6.07) is 24.8. The van der Waals surface area contributed by atoms with E-state index in [9.17, 15) is 31.2 Å². The van der Waals surface area contributed by atoms with Crippen LogP contribution in [0.1, 0.15) is 42.5 Å². The molecule has 4 aromatic carbocycles. The molecule has 0 aromatic heterocycles. The monoisotopic (exact) mass is 699 g/mol. The highest BCUT2D eigenvalue weighted by atomic mass is 35.5. The molecule has 0 saturated heterocycles. The number of halogens is 4. The van der Waals surface area contributed by atoms with Gasteiger partial charge in [-0.3, -0.25) is 13.9 Å². The molecule has 4 aromatic rings. The number of sulfonamides is 1. The summed E-state index contributed by atoms with van der Waals surface area (Å²) in [6.07, 6.45) is -4.17. The number of nitrogens with one attached hydrogen (secondary N) is 1. The van der Waals surface area contributed by atoms with E-state index in [4.69, 9.17) is 11.6 Å². The van der Waals surface area contributed by atoms with E-state index in [1.807, 2.05) is 51.1 Å². The number of hydrogen-bond acceptors (Lipinski definition) is 4. The van der Waals surface area contributed by atoms with Gasteiger partial charge in [0.2, 0.25) is 11.8 Å². The minimum absolute atomic E-state index is 0.0649. The highest BCUT2D eigenvalue weighted by molar-refractivity contribution is 7.92. The van der Waals surface area contributed by atoms with E-state index < -0.39 is 56.9 Å². The average Bonchev–Trinajstić information content (AvgIpc) is 3.06. The SMILES string of the molecule is CC[C@@H](C)NC(=O)[C@H](Cc1ccccc1)N(Cc1ccccc1C)C(=O)CN(c1ccc(Cl)c(C(F)(F)F)c1)S(=O)(=O)c1ccccc1. The van der Waals surface area contributed by atoms with Crippen molar-refractivity contribution in [3.63, 3.8) is 0 Å². The molecular formula is C36H37ClF3N3O4S. The first-order valence-corrected chi connectivity index (χ1v) is 17.2. The normalized spacial score (nSPS) is 13.0. The van der Waals surface area contributed by atoms with Gasteiger partial charge in [-0.05, 0) is 67.3 Å². The molecule has 0 heterocycles. The van der Waals surface area contributed by atoms with Crippen LogP contribution in [0.2, 0.25) is 5.02 Å². The fourth-order valence-corrected chi connectivity index (χ4v) is 6.75. The summed E-state index contributed by atoms with van der Waals surface area (Å²) in [5.41, 5.74) is 0.629. The van der Waals surface area contributed by atoms with Gasteiger partial charge in [0.15, 0.2) is 0 Å². The number of nitrogens with zero attached hydrogens (tertiary/aromatic N) is 2. The van der Waals surface area contributed by atoms with Crippen molar-refractivity contribution in [3.05, 3.63) is 130 Å². The van der Waals surface area contributed by atoms with Crippen molar-refractivity contribution >= 4 is 39.1 Å². The van der Waals surface area contributed by atoms with E-state index in [-0.39, 0.29) is 23.9 Å². The first kappa shape index (κ1) is 36.5. The zero-order valence-electron chi connectivity index (χ0n) is 26.7. The lowest BCUT2D eigenvalue weighted by Crippen LogP contribution is -2.54. The Kier molecular flexibility index (Phi) is 11.9. The van der Waals surface area contributed by atoms with Gasteiger partial charge in [-0.25, -0.2) is 8.42 Å². The topological polar surface area (TPSA) is 86.8 Å². The third kappa shape index (κ3) is 8.96. The Bertz CT molecular complexity index is 1820. The van der Waals surface area contributed by atoms with Crippen molar-refractivity contribution in [1.82, 2.24) is 10.2 Å². The molecule has 0 spiro atoms. The number of amides is 2. The molecule has 48 heavy (non-hydrogen) atoms. The van der Waals surface area contributed by atoms with Crippen LogP contribution in [-0.4, -0.2) is 43.8 Å². The predicted molar refractivity (Wildman–Crippen MR) is 181 cm³/mol. The molecule has 0 radical (unpaired) electrons. The van der Waals surface area contributed by atoms with E-state index in [2.05, 4.69) is 5.32 Å². The van der Waals surface area contributed by atoms with Crippen LogP contribution in [0, 0.1) is 6.92 Å². The lowest BCUT2D eigenvalue weighted by atomic mass is 10.0. The van der Waals surface area contributed by atoms with Gasteiger partial charge < -0.3 is 10.2 Å². The van der Waals surface area contributed by atoms with Crippen molar-refractivity contribution in [1.29, 1.82) is 0 Å². The Morgan fingerprint density at radius 3 is 2.10 bits per heavy atom. The van der Waals surface area contributed by atoms with Crippen LogP contribution in [0.3, 0.4) is 0 Å². The number of hydrogen-bond donors (Lipinski definition) is 1. The van der Waals surface area contributed by atoms with Crippen molar-refractivity contribution in [2.75, 3.05) is 10.8 Å². The standard InChI is InChI=1S/C36H37ClF3N3O4S/c1-4-26(3)41-35(45)33(21-27-14-7-5-8-15-27)42(23-28-16-12-11-13-25(28)2)34(44)24-43(48(46,47)30-17-9-6-10-18-30)29-19-20-32(37)31(22-29)36(38,39)40/h5-20,22,26,33H,4,21,23-24H2,1-3H3,(H,41,45)/t26-,33+/m1/s1. The van der Waals surface area contributed by atoms with E-state index in [0.717, 1.165) is 23.3 Å². The van der Waals surface area contributed by atoms with E-state index in [0.29, 0.717) is 22.4 Å². The number of benzene rings is 4. The third-order valence-corrected chi connectivity index (χ3v) is 10.1. The summed E-state index contributed by atoms with van der Waals surface area (Å²) in [7, 11) is -4.59. The van der Waals surface area contributed by atoms with Gasteiger partial charge >= 0.3 is 6.18 Å². The van der Waals surface area contributed by atoms with Crippen LogP contribution in [0.25, 0.3) is 0 Å². The Morgan fingerprint density at radius 2 is 1.50 bits per heavy atom. The molecule has 1 N–H and O–H groups in total. The number of alkyl halides is 3. The second-order valence-electron chi connectivity index (χ2n) is 11.5. The molecule has 12 heteroatoms. The number of aryl methyl sites for hydroxylation is 1. The largest absolute Gasteiger partial charge is 0.417 e. The molecule has 254 valence electrons. The van der Waals surface area contributed by atoms with Crippen LogP contribution >= 0.6 is 11.6 Å². The third-order valence-electron chi connectivity index (χ3n) is 8.03. The smallest absolute Gasteiger partial charge is 0.352 e. The number of rotatable bonds is 13. The maximum atomic E-state index is 14.6. The zero-order valence-corrected chi connectivity index (χ0v) is 28.3. The summed E-state index contributed by atoms with van der Waals surface area (Å²) < 4.78 is 70.6. The lowest BCUT2D eigenvalue weighted by molar-refractivity contribution is -0.140. The minimum atomic E-state index is -4.90. The molecule has 2 atom stereocenters. The summed E-state index contributed by atoms with van der Waals surface area (Å²) in [4.78, 5) is 29.6. The molecule has 0 aliphatic rings. The molecule has 0 aliphatic carbocycles. The second kappa shape index (κ2) is 15.7. The fraction of sp³-hybridized carbons (Fsp3) is 0.278. The van der Waals surface area contributed by atoms with Gasteiger partial charge in [0, 0.05) is 19.0 Å². The second-order valence-corrected chi connectivity index (χ2v) is 13.7. The van der Waals surface area contributed by atoms with Crippen LogP contribution < -0.4 is 9.62 Å². The molecule has 4 rings (SSSR count). The molecule has 0 bridgehead atoms. The van der Waals surface area contributed by atoms with Gasteiger partial charge in [-0.2, -0.15) is 13.2 Å². The van der Waals surface area contributed by atoms with Crippen molar-refractivity contribution in [2.45, 2.75) is 63.3 Å². The van der Waals surface area contributed by atoms with Crippen molar-refractivity contribution in [3.8, 4) is 0 Å². The van der Waals surface area contributed by atoms with Crippen molar-refractivity contribution in [2.24, 2.45) is 0 Å². The first-order chi connectivity index (χ1) is 22.7. The van der Waals surface area contributed by atoms with Crippen LogP contribution in [0.15, 0.2) is 108 Å². The highest BCUT2D eigenvalue weighted by Gasteiger charge is 2.38. The van der Waals surface area contributed by atoms with Gasteiger partial charge in [0.1, 0.15) is 12.6 Å². The van der Waals surface area contributed by atoms with Gasteiger partial charge in [0.05, 0.1) is 21.2 Å². The summed E-state index contributed by atoms with van der Waals surface area (Å²) >= 11 is 5.88. The fourth-order valence-electron chi connectivity index (χ4n) is 5.10. The Morgan fingerprint density at radius 1 is 0.896 bits per heavy atom. The minimum Gasteiger partial charge on any atom is -0.352 e. The van der Waals surface area contributed by atoms with E-state index >= 15 is 0 Å². The Balaban J connectivity index is 1.87. The van der Waals surface area contributed by atoms with E-state index in [1.165, 1.54) is 29.2 Å². The van der Waals surface area contributed by atoms with Crippen LogP contribution in [0.5, 0.6) is 0 Å². The molecule has 0 saturated carbocycles. The van der Waals surface area contributed by atoms with Gasteiger partial charge in [0.25, 0.3) is 10.0 Å². The summed E-state index contributed by atoms with van der Waals surface area (Å²) in [6.45, 7) is 4.62. The Hall–Kier alpha value is -4.35. The van der Waals surface area contributed by atoms with Crippen molar-refractivity contribution < 1.29 is 31.2 Å². The number of carbonyl (C=O) groups excluding carboxylic acids is 2. The van der Waals surface area contributed by atoms with Gasteiger partial charge in [-0.15, -0.1) is 0 Å². The van der Waals surface area contributed by atoms with Gasteiger partial charge in [-0.1, -0.05) is 91.3 Å². The number of carbonyl (C=O) groups is 2. The molecule has 7 nitrogen and oxygen atoms in total. The molecular weight excluding hydrogens is 663 g/mol. The first-order valence-electron chi connectivity index (χ1n) is 15.3. The average molecular weight is 700 g/mol. The molecule has 0 aliphatic heterocycles. The predicted octanol–water partition coefficient (Wildman–Crippen LogP) is 7.42. The maximum absolute atomic E-state index is 14.6. The highest BCUT2D eigenvalue weighted by Crippen LogP contribution is 2.38. The number of anilines is 1. The maximum Gasteiger partial charge on any atom is 0.417 e.